The summed E-state index contributed by atoms with van der Waals surface area (Å²) in [5, 5.41) is 0. The van der Waals surface area contributed by atoms with Gasteiger partial charge in [0.05, 0.1) is 6.20 Å². The predicted molar refractivity (Wildman–Crippen MR) is 74.1 cm³/mol. The van der Waals surface area contributed by atoms with E-state index < -0.39 is 0 Å². The van der Waals surface area contributed by atoms with Gasteiger partial charge in [0.15, 0.2) is 0 Å². The van der Waals surface area contributed by atoms with Crippen molar-refractivity contribution in [2.75, 3.05) is 5.73 Å². The van der Waals surface area contributed by atoms with Gasteiger partial charge in [-0.3, -0.25) is 4.40 Å². The zero-order chi connectivity index (χ0) is 13.2. The summed E-state index contributed by atoms with van der Waals surface area (Å²) in [5.74, 6) is 1.65. The summed E-state index contributed by atoms with van der Waals surface area (Å²) in [5.41, 5.74) is 6.56. The number of anilines is 1. The van der Waals surface area contributed by atoms with Crippen LogP contribution in [0, 0.1) is 5.92 Å². The molecule has 0 aliphatic heterocycles. The summed E-state index contributed by atoms with van der Waals surface area (Å²) in [6, 6.07) is 0. The summed E-state index contributed by atoms with van der Waals surface area (Å²) in [7, 11) is 0. The van der Waals surface area contributed by atoms with Crippen LogP contribution >= 0.6 is 0 Å². The van der Waals surface area contributed by atoms with E-state index in [2.05, 4.69) is 16.9 Å². The van der Waals surface area contributed by atoms with Gasteiger partial charge in [-0.25, -0.2) is 4.98 Å². The van der Waals surface area contributed by atoms with E-state index >= 15 is 0 Å². The second-order valence-electron chi connectivity index (χ2n) is 5.24. The van der Waals surface area contributed by atoms with Crippen LogP contribution < -0.4 is 10.5 Å². The Morgan fingerprint density at radius 3 is 3.11 bits per heavy atom. The summed E-state index contributed by atoms with van der Waals surface area (Å²) in [6.45, 7) is 2.23. The molecule has 102 valence electrons. The molecule has 0 bridgehead atoms. The molecule has 2 N–H and O–H groups in total. The number of aromatic nitrogens is 3. The first kappa shape index (κ1) is 12.3. The fraction of sp³-hybridized carbons (Fsp3) is 0.571. The van der Waals surface area contributed by atoms with Gasteiger partial charge in [-0.1, -0.05) is 13.3 Å². The highest BCUT2D eigenvalue weighted by Gasteiger charge is 2.26. The van der Waals surface area contributed by atoms with Crippen LogP contribution in [0.3, 0.4) is 0 Å². The van der Waals surface area contributed by atoms with Crippen LogP contribution in [-0.4, -0.2) is 20.5 Å². The van der Waals surface area contributed by atoms with Crippen LogP contribution in [0.4, 0.5) is 5.82 Å². The number of fused-ring (bicyclic) bond motifs is 1. The third-order valence-electron chi connectivity index (χ3n) is 3.99. The Kier molecular flexibility index (Phi) is 3.27. The van der Waals surface area contributed by atoms with Crippen molar-refractivity contribution in [3.05, 3.63) is 18.6 Å². The van der Waals surface area contributed by atoms with E-state index in [9.17, 15) is 0 Å². The number of ether oxygens (including phenoxy) is 1. The smallest absolute Gasteiger partial charge is 0.260 e. The lowest BCUT2D eigenvalue weighted by Gasteiger charge is -2.30. The maximum Gasteiger partial charge on any atom is 0.260 e. The van der Waals surface area contributed by atoms with E-state index in [1.54, 1.807) is 12.4 Å². The van der Waals surface area contributed by atoms with Crippen LogP contribution in [0.2, 0.25) is 0 Å². The zero-order valence-corrected chi connectivity index (χ0v) is 11.2. The molecule has 1 aliphatic rings. The highest BCUT2D eigenvalue weighted by Crippen LogP contribution is 2.31. The minimum Gasteiger partial charge on any atom is -0.471 e. The van der Waals surface area contributed by atoms with E-state index in [4.69, 9.17) is 10.5 Å². The minimum atomic E-state index is 0.244. The van der Waals surface area contributed by atoms with Crippen molar-refractivity contribution in [2.45, 2.75) is 45.1 Å². The molecule has 1 saturated carbocycles. The highest BCUT2D eigenvalue weighted by atomic mass is 16.5. The van der Waals surface area contributed by atoms with E-state index in [0.717, 1.165) is 18.5 Å². The molecule has 5 nitrogen and oxygen atoms in total. The van der Waals surface area contributed by atoms with Crippen molar-refractivity contribution in [3.63, 3.8) is 0 Å². The second-order valence-corrected chi connectivity index (χ2v) is 5.24. The van der Waals surface area contributed by atoms with Gasteiger partial charge >= 0.3 is 0 Å². The first-order chi connectivity index (χ1) is 9.28. The molecule has 0 aromatic carbocycles. The van der Waals surface area contributed by atoms with Gasteiger partial charge in [0, 0.05) is 12.4 Å². The number of hydrogen-bond donors (Lipinski definition) is 1. The maximum atomic E-state index is 6.14. The van der Waals surface area contributed by atoms with Gasteiger partial charge in [-0.2, -0.15) is 4.98 Å². The molecule has 2 aromatic rings. The molecule has 0 amide bonds. The van der Waals surface area contributed by atoms with E-state index in [0.29, 0.717) is 17.6 Å². The molecule has 2 atom stereocenters. The van der Waals surface area contributed by atoms with Gasteiger partial charge in [0.1, 0.15) is 11.9 Å². The van der Waals surface area contributed by atoms with Crippen molar-refractivity contribution < 1.29 is 4.74 Å². The number of imidazole rings is 1. The number of nitrogens with zero attached hydrogens (tertiary/aromatic N) is 3. The summed E-state index contributed by atoms with van der Waals surface area (Å²) >= 11 is 0. The van der Waals surface area contributed by atoms with Crippen LogP contribution in [0.5, 0.6) is 5.88 Å². The first-order valence-corrected chi connectivity index (χ1v) is 7.03. The van der Waals surface area contributed by atoms with Crippen molar-refractivity contribution in [1.29, 1.82) is 0 Å². The Hall–Kier alpha value is -1.78. The molecular formula is C14H20N4O. The monoisotopic (exact) mass is 260 g/mol. The lowest BCUT2D eigenvalue weighted by molar-refractivity contribution is 0.0870. The first-order valence-electron chi connectivity index (χ1n) is 7.03. The van der Waals surface area contributed by atoms with E-state index in [1.165, 1.54) is 19.3 Å². The average molecular weight is 260 g/mol. The van der Waals surface area contributed by atoms with Crippen LogP contribution in [0.1, 0.15) is 39.0 Å². The molecule has 1 fully saturated rings. The normalized spacial score (nSPS) is 23.6. The summed E-state index contributed by atoms with van der Waals surface area (Å²) in [4.78, 5) is 8.60. The molecule has 2 aromatic heterocycles. The van der Waals surface area contributed by atoms with Crippen molar-refractivity contribution in [1.82, 2.24) is 14.4 Å². The summed E-state index contributed by atoms with van der Waals surface area (Å²) in [6.07, 6.45) is 11.6. The Bertz CT molecular complexity index is 566. The highest BCUT2D eigenvalue weighted by molar-refractivity contribution is 5.52. The van der Waals surface area contributed by atoms with Crippen LogP contribution in [0.15, 0.2) is 18.6 Å². The summed E-state index contributed by atoms with van der Waals surface area (Å²) < 4.78 is 8.00. The Labute approximate surface area is 112 Å². The molecule has 1 aliphatic carbocycles. The predicted octanol–water partition coefficient (Wildman–Crippen LogP) is 2.66. The minimum absolute atomic E-state index is 0.244. The molecular weight excluding hydrogens is 240 g/mol. The van der Waals surface area contributed by atoms with Gasteiger partial charge < -0.3 is 10.5 Å². The molecule has 0 radical (unpaired) electrons. The second kappa shape index (κ2) is 5.07. The standard InChI is InChI=1S/C14H20N4O/c1-2-10-5-3-4-6-11(10)19-14-13-16-7-8-18(13)9-12(15)17-14/h7-11H,2-6,15H2,1H3. The quantitative estimate of drug-likeness (QED) is 0.921. The molecule has 0 saturated heterocycles. The van der Waals surface area contributed by atoms with Gasteiger partial charge in [0.25, 0.3) is 5.88 Å². The molecule has 0 spiro atoms. The van der Waals surface area contributed by atoms with E-state index in [1.807, 2.05) is 10.6 Å². The topological polar surface area (TPSA) is 65.4 Å². The van der Waals surface area contributed by atoms with Gasteiger partial charge in [0.2, 0.25) is 5.65 Å². The number of nitrogens with two attached hydrogens (primary N) is 1. The van der Waals surface area contributed by atoms with Crippen LogP contribution in [-0.2, 0) is 0 Å². The Balaban J connectivity index is 1.89. The third kappa shape index (κ3) is 2.37. The molecule has 2 unspecified atom stereocenters. The largest absolute Gasteiger partial charge is 0.471 e. The van der Waals surface area contributed by atoms with E-state index in [-0.39, 0.29) is 6.10 Å². The number of rotatable bonds is 3. The van der Waals surface area contributed by atoms with Crippen molar-refractivity contribution in [3.8, 4) is 5.88 Å². The van der Waals surface area contributed by atoms with Crippen molar-refractivity contribution >= 4 is 11.5 Å². The Morgan fingerprint density at radius 2 is 2.26 bits per heavy atom. The average Bonchev–Trinajstić information content (AvgIpc) is 2.87. The maximum absolute atomic E-state index is 6.14. The number of nitrogen functional groups attached to an aromatic ring is 1. The fourth-order valence-corrected chi connectivity index (χ4v) is 2.94. The zero-order valence-electron chi connectivity index (χ0n) is 11.2. The lowest BCUT2D eigenvalue weighted by atomic mass is 9.85. The molecule has 19 heavy (non-hydrogen) atoms. The molecule has 3 rings (SSSR count). The van der Waals surface area contributed by atoms with Crippen molar-refractivity contribution in [2.24, 2.45) is 5.92 Å². The Morgan fingerprint density at radius 1 is 1.42 bits per heavy atom. The van der Waals surface area contributed by atoms with Crippen LogP contribution in [0.25, 0.3) is 5.65 Å². The van der Waals surface area contributed by atoms with Gasteiger partial charge in [-0.15, -0.1) is 0 Å². The van der Waals surface area contributed by atoms with Gasteiger partial charge in [-0.05, 0) is 31.6 Å². The molecule has 5 heteroatoms. The lowest BCUT2D eigenvalue weighted by Crippen LogP contribution is -2.30. The fourth-order valence-electron chi connectivity index (χ4n) is 2.94. The third-order valence-corrected chi connectivity index (χ3v) is 3.99. The molecule has 2 heterocycles. The number of hydrogen-bond acceptors (Lipinski definition) is 4. The SMILES string of the molecule is CCC1CCCCC1Oc1nc(N)cn2ccnc12.